The molecule has 21 heavy (non-hydrogen) atoms. The van der Waals surface area contributed by atoms with Gasteiger partial charge in [0.1, 0.15) is 11.6 Å². The maximum absolute atomic E-state index is 5.77. The molecule has 1 fully saturated rings. The third-order valence-corrected chi connectivity index (χ3v) is 3.80. The number of aromatic nitrogens is 1. The number of likely N-dealkylation sites (N-methyl/N-ethyl adjacent to an activating group) is 1. The van der Waals surface area contributed by atoms with Crippen LogP contribution >= 0.6 is 0 Å². The first-order chi connectivity index (χ1) is 10.3. The third kappa shape index (κ3) is 3.09. The molecule has 5 nitrogen and oxygen atoms in total. The predicted molar refractivity (Wildman–Crippen MR) is 84.2 cm³/mol. The van der Waals surface area contributed by atoms with Crippen molar-refractivity contribution in [1.82, 2.24) is 10.3 Å². The van der Waals surface area contributed by atoms with Crippen LogP contribution in [0.2, 0.25) is 0 Å². The number of rotatable bonds is 4. The molecule has 1 aromatic heterocycles. The van der Waals surface area contributed by atoms with Gasteiger partial charge in [-0.05, 0) is 23.6 Å². The molecule has 0 spiro atoms. The topological polar surface area (TPSA) is 46.6 Å². The van der Waals surface area contributed by atoms with Crippen molar-refractivity contribution < 1.29 is 9.47 Å². The van der Waals surface area contributed by atoms with E-state index in [1.54, 1.807) is 7.11 Å². The zero-order chi connectivity index (χ0) is 14.7. The van der Waals surface area contributed by atoms with Crippen molar-refractivity contribution in [2.75, 3.05) is 45.3 Å². The number of methoxy groups -OCH3 is 1. The maximum Gasteiger partial charge on any atom is 0.136 e. The van der Waals surface area contributed by atoms with Crippen LogP contribution in [0.4, 0.5) is 5.82 Å². The van der Waals surface area contributed by atoms with Gasteiger partial charge in [0.05, 0.1) is 19.8 Å². The first-order valence-electron chi connectivity index (χ1n) is 7.24. The van der Waals surface area contributed by atoms with Gasteiger partial charge in [0, 0.05) is 38.3 Å². The molecule has 5 heteroatoms. The second-order valence-electron chi connectivity index (χ2n) is 5.30. The van der Waals surface area contributed by atoms with Gasteiger partial charge in [-0.3, -0.25) is 0 Å². The Morgan fingerprint density at radius 1 is 1.43 bits per heavy atom. The Kier molecular flexibility index (Phi) is 4.22. The van der Waals surface area contributed by atoms with Crippen LogP contribution in [-0.4, -0.2) is 51.5 Å². The number of fused-ring (bicyclic) bond motifs is 1. The van der Waals surface area contributed by atoms with E-state index in [1.165, 1.54) is 0 Å². The van der Waals surface area contributed by atoms with Gasteiger partial charge in [0.15, 0.2) is 0 Å². The van der Waals surface area contributed by atoms with Crippen molar-refractivity contribution in [2.24, 2.45) is 0 Å². The molecule has 2 aromatic rings. The summed E-state index contributed by atoms with van der Waals surface area (Å²) in [5.41, 5.74) is 0. The Morgan fingerprint density at radius 3 is 3.10 bits per heavy atom. The Hall–Kier alpha value is -1.85. The van der Waals surface area contributed by atoms with E-state index in [0.717, 1.165) is 48.6 Å². The van der Waals surface area contributed by atoms with Gasteiger partial charge in [-0.25, -0.2) is 4.98 Å². The van der Waals surface area contributed by atoms with Crippen LogP contribution in [0.15, 0.2) is 30.5 Å². The summed E-state index contributed by atoms with van der Waals surface area (Å²) < 4.78 is 11.1. The number of hydrogen-bond donors (Lipinski definition) is 1. The van der Waals surface area contributed by atoms with E-state index >= 15 is 0 Å². The molecule has 0 saturated carbocycles. The van der Waals surface area contributed by atoms with Crippen molar-refractivity contribution in [1.29, 1.82) is 0 Å². The van der Waals surface area contributed by atoms with Gasteiger partial charge < -0.3 is 19.7 Å². The van der Waals surface area contributed by atoms with Gasteiger partial charge in [-0.1, -0.05) is 6.07 Å². The minimum atomic E-state index is 0.200. The highest BCUT2D eigenvalue weighted by molar-refractivity contribution is 5.93. The Labute approximate surface area is 124 Å². The molecule has 0 radical (unpaired) electrons. The van der Waals surface area contributed by atoms with E-state index in [1.807, 2.05) is 24.4 Å². The molecule has 1 aromatic carbocycles. The highest BCUT2D eigenvalue weighted by atomic mass is 16.5. The normalized spacial score (nSPS) is 18.7. The van der Waals surface area contributed by atoms with Crippen LogP contribution in [0, 0.1) is 0 Å². The van der Waals surface area contributed by atoms with Crippen LogP contribution in [-0.2, 0) is 4.74 Å². The number of morpholine rings is 1. The highest BCUT2D eigenvalue weighted by Gasteiger charge is 2.17. The molecule has 1 aliphatic heterocycles. The summed E-state index contributed by atoms with van der Waals surface area (Å²) in [4.78, 5) is 6.69. The lowest BCUT2D eigenvalue weighted by molar-refractivity contribution is 0.0339. The van der Waals surface area contributed by atoms with Crippen LogP contribution in [0.1, 0.15) is 0 Å². The van der Waals surface area contributed by atoms with Crippen molar-refractivity contribution in [3.8, 4) is 5.75 Å². The largest absolute Gasteiger partial charge is 0.497 e. The van der Waals surface area contributed by atoms with E-state index in [4.69, 9.17) is 9.47 Å². The average Bonchev–Trinajstić information content (AvgIpc) is 2.54. The number of nitrogens with one attached hydrogen (secondary N) is 1. The lowest BCUT2D eigenvalue weighted by Gasteiger charge is -2.29. The van der Waals surface area contributed by atoms with E-state index in [-0.39, 0.29) is 6.10 Å². The van der Waals surface area contributed by atoms with Gasteiger partial charge in [0.25, 0.3) is 0 Å². The van der Waals surface area contributed by atoms with Gasteiger partial charge in [-0.2, -0.15) is 0 Å². The molecule has 112 valence electrons. The minimum absolute atomic E-state index is 0.200. The minimum Gasteiger partial charge on any atom is -0.497 e. The molecular formula is C16H21N3O2. The summed E-state index contributed by atoms with van der Waals surface area (Å²) in [5.74, 6) is 1.81. The first kappa shape index (κ1) is 14.1. The fourth-order valence-electron chi connectivity index (χ4n) is 2.69. The lowest BCUT2D eigenvalue weighted by Crippen LogP contribution is -2.44. The molecule has 0 amide bonds. The standard InChI is InChI=1S/C16H21N3O2/c1-19(11-14-10-17-7-8-21-14)16-15-9-13(20-2)4-3-12(15)5-6-18-16/h3-6,9,14,17H,7-8,10-11H2,1-2H3. The third-order valence-electron chi connectivity index (χ3n) is 3.80. The molecule has 0 aliphatic carbocycles. The van der Waals surface area contributed by atoms with E-state index in [9.17, 15) is 0 Å². The molecule has 1 unspecified atom stereocenters. The Bertz CT molecular complexity index is 611. The van der Waals surface area contributed by atoms with Crippen molar-refractivity contribution in [3.05, 3.63) is 30.5 Å². The first-order valence-corrected chi connectivity index (χ1v) is 7.24. The number of hydrogen-bond acceptors (Lipinski definition) is 5. The predicted octanol–water partition coefficient (Wildman–Crippen LogP) is 1.67. The molecule has 1 aliphatic rings. The lowest BCUT2D eigenvalue weighted by atomic mass is 10.1. The fourth-order valence-corrected chi connectivity index (χ4v) is 2.69. The molecule has 0 bridgehead atoms. The smallest absolute Gasteiger partial charge is 0.136 e. The number of nitrogens with zero attached hydrogens (tertiary/aromatic N) is 2. The van der Waals surface area contributed by atoms with Crippen molar-refractivity contribution in [2.45, 2.75) is 6.10 Å². The van der Waals surface area contributed by atoms with Crippen LogP contribution in [0.3, 0.4) is 0 Å². The fraction of sp³-hybridized carbons (Fsp3) is 0.438. The van der Waals surface area contributed by atoms with E-state index < -0.39 is 0 Å². The van der Waals surface area contributed by atoms with E-state index in [0.29, 0.717) is 0 Å². The van der Waals surface area contributed by atoms with Crippen LogP contribution in [0.25, 0.3) is 10.8 Å². The van der Waals surface area contributed by atoms with Crippen molar-refractivity contribution in [3.63, 3.8) is 0 Å². The number of anilines is 1. The molecule has 1 N–H and O–H groups in total. The summed E-state index contributed by atoms with van der Waals surface area (Å²) in [5, 5.41) is 5.62. The van der Waals surface area contributed by atoms with E-state index in [2.05, 4.69) is 28.3 Å². The van der Waals surface area contributed by atoms with Gasteiger partial charge in [0.2, 0.25) is 0 Å². The molecule has 1 saturated heterocycles. The van der Waals surface area contributed by atoms with Crippen LogP contribution < -0.4 is 15.0 Å². The SMILES string of the molecule is COc1ccc2ccnc(N(C)CC3CNCCO3)c2c1. The highest BCUT2D eigenvalue weighted by Crippen LogP contribution is 2.27. The molecule has 2 heterocycles. The quantitative estimate of drug-likeness (QED) is 0.927. The summed E-state index contributed by atoms with van der Waals surface area (Å²) >= 11 is 0. The Morgan fingerprint density at radius 2 is 2.33 bits per heavy atom. The second kappa shape index (κ2) is 6.28. The zero-order valence-corrected chi connectivity index (χ0v) is 12.5. The summed E-state index contributed by atoms with van der Waals surface area (Å²) in [6.07, 6.45) is 2.05. The van der Waals surface area contributed by atoms with Gasteiger partial charge >= 0.3 is 0 Å². The Balaban J connectivity index is 1.87. The summed E-state index contributed by atoms with van der Waals surface area (Å²) in [7, 11) is 3.74. The molecular weight excluding hydrogens is 266 g/mol. The van der Waals surface area contributed by atoms with Crippen molar-refractivity contribution >= 4 is 16.6 Å². The molecule has 3 rings (SSSR count). The number of ether oxygens (including phenoxy) is 2. The summed E-state index contributed by atoms with van der Waals surface area (Å²) in [6.45, 7) is 3.41. The van der Waals surface area contributed by atoms with Crippen LogP contribution in [0.5, 0.6) is 5.75 Å². The summed E-state index contributed by atoms with van der Waals surface area (Å²) in [6, 6.07) is 8.09. The number of pyridine rings is 1. The second-order valence-corrected chi connectivity index (χ2v) is 5.30. The number of benzene rings is 1. The maximum atomic E-state index is 5.77. The zero-order valence-electron chi connectivity index (χ0n) is 12.5. The van der Waals surface area contributed by atoms with Gasteiger partial charge in [-0.15, -0.1) is 0 Å². The molecule has 1 atom stereocenters. The average molecular weight is 287 g/mol. The monoisotopic (exact) mass is 287 g/mol.